The normalized spacial score (nSPS) is 20.0. The molecule has 3 aliphatic rings. The monoisotopic (exact) mass is 505 g/mol. The van der Waals surface area contributed by atoms with E-state index < -0.39 is 34.7 Å². The van der Waals surface area contributed by atoms with Crippen LogP contribution in [0.15, 0.2) is 54.6 Å². The molecule has 0 aliphatic carbocycles. The Labute approximate surface area is 208 Å². The average molecular weight is 506 g/mol. The summed E-state index contributed by atoms with van der Waals surface area (Å²) in [6, 6.07) is 11.8. The second-order valence-electron chi connectivity index (χ2n) is 8.61. The standard InChI is InChI=1S/C25H16ClN3O7/c1-12-8-14(26)3-6-18(12)27-21(13-2-7-19-20(9-13)36-11-35-19)22(25(27)32)28-23(30)16-5-4-15(29(33)34)10-17(16)24(28)31/h2-10,21-22H,11H2,1H3/t21-,22-/m0/s1. The third-order valence-corrected chi connectivity index (χ3v) is 6.85. The van der Waals surface area contributed by atoms with E-state index in [9.17, 15) is 24.5 Å². The van der Waals surface area contributed by atoms with Gasteiger partial charge in [0.05, 0.1) is 22.1 Å². The first kappa shape index (κ1) is 22.1. The minimum absolute atomic E-state index is 0.0176. The summed E-state index contributed by atoms with van der Waals surface area (Å²) in [5.74, 6) is -0.872. The molecule has 3 aliphatic heterocycles. The smallest absolute Gasteiger partial charge is 0.270 e. The van der Waals surface area contributed by atoms with Gasteiger partial charge >= 0.3 is 0 Å². The maximum atomic E-state index is 13.6. The molecule has 2 atom stereocenters. The van der Waals surface area contributed by atoms with E-state index in [1.54, 1.807) is 43.3 Å². The van der Waals surface area contributed by atoms with Crippen LogP contribution in [-0.2, 0) is 4.79 Å². The van der Waals surface area contributed by atoms with Gasteiger partial charge in [0.1, 0.15) is 6.04 Å². The van der Waals surface area contributed by atoms with Gasteiger partial charge in [0.2, 0.25) is 6.79 Å². The van der Waals surface area contributed by atoms with E-state index in [4.69, 9.17) is 21.1 Å². The Kier molecular flexibility index (Phi) is 4.77. The molecule has 0 bridgehead atoms. The number of nitrogens with zero attached hydrogens (tertiary/aromatic N) is 3. The van der Waals surface area contributed by atoms with Crippen molar-refractivity contribution in [3.05, 3.63) is 92.0 Å². The summed E-state index contributed by atoms with van der Waals surface area (Å²) in [4.78, 5) is 53.2. The number of amides is 3. The van der Waals surface area contributed by atoms with Crippen molar-refractivity contribution in [3.63, 3.8) is 0 Å². The van der Waals surface area contributed by atoms with E-state index in [0.717, 1.165) is 22.6 Å². The van der Waals surface area contributed by atoms with E-state index in [2.05, 4.69) is 0 Å². The molecule has 1 fully saturated rings. The number of imide groups is 1. The molecule has 1 saturated heterocycles. The summed E-state index contributed by atoms with van der Waals surface area (Å²) in [7, 11) is 0. The summed E-state index contributed by atoms with van der Waals surface area (Å²) in [6.45, 7) is 1.86. The van der Waals surface area contributed by atoms with Gasteiger partial charge in [0.25, 0.3) is 23.4 Å². The van der Waals surface area contributed by atoms with Crippen molar-refractivity contribution in [2.24, 2.45) is 0 Å². The van der Waals surface area contributed by atoms with E-state index >= 15 is 0 Å². The number of nitro benzene ring substituents is 1. The van der Waals surface area contributed by atoms with Crippen molar-refractivity contribution in [2.45, 2.75) is 19.0 Å². The number of hydrogen-bond acceptors (Lipinski definition) is 7. The number of halogens is 1. The molecule has 10 nitrogen and oxygen atoms in total. The average Bonchev–Trinajstić information content (AvgIpc) is 3.41. The Balaban J connectivity index is 1.45. The molecule has 6 rings (SSSR count). The van der Waals surface area contributed by atoms with E-state index in [1.807, 2.05) is 0 Å². The Morgan fingerprint density at radius 2 is 1.64 bits per heavy atom. The number of non-ortho nitro benzene ring substituents is 1. The molecular formula is C25H16ClN3O7. The molecule has 0 unspecified atom stereocenters. The van der Waals surface area contributed by atoms with Gasteiger partial charge in [-0.15, -0.1) is 0 Å². The van der Waals surface area contributed by atoms with Crippen LogP contribution in [0.4, 0.5) is 11.4 Å². The lowest BCUT2D eigenvalue weighted by atomic mass is 9.85. The zero-order chi connectivity index (χ0) is 25.3. The number of ether oxygens (including phenoxy) is 2. The Hall–Kier alpha value is -4.44. The summed E-state index contributed by atoms with van der Waals surface area (Å²) >= 11 is 6.11. The number of β-lactam (4-membered cyclic amide) rings is 1. The minimum Gasteiger partial charge on any atom is -0.454 e. The Bertz CT molecular complexity index is 1520. The van der Waals surface area contributed by atoms with Crippen LogP contribution in [0.2, 0.25) is 5.02 Å². The largest absolute Gasteiger partial charge is 0.454 e. The van der Waals surface area contributed by atoms with Crippen LogP contribution < -0.4 is 14.4 Å². The number of carbonyl (C=O) groups excluding carboxylic acids is 3. The molecule has 11 heteroatoms. The minimum atomic E-state index is -1.16. The van der Waals surface area contributed by atoms with Crippen molar-refractivity contribution in [1.82, 2.24) is 4.90 Å². The maximum absolute atomic E-state index is 13.6. The van der Waals surface area contributed by atoms with Crippen LogP contribution in [0.5, 0.6) is 11.5 Å². The van der Waals surface area contributed by atoms with Crippen LogP contribution in [-0.4, -0.2) is 40.4 Å². The molecular weight excluding hydrogens is 490 g/mol. The molecule has 3 amide bonds. The lowest BCUT2D eigenvalue weighted by molar-refractivity contribution is -0.384. The van der Waals surface area contributed by atoms with Gasteiger partial charge in [0, 0.05) is 22.8 Å². The second-order valence-corrected chi connectivity index (χ2v) is 9.05. The van der Waals surface area contributed by atoms with Gasteiger partial charge in [-0.2, -0.15) is 0 Å². The highest BCUT2D eigenvalue weighted by Gasteiger charge is 2.58. The highest BCUT2D eigenvalue weighted by Crippen LogP contribution is 2.47. The third kappa shape index (κ3) is 3.07. The Morgan fingerprint density at radius 1 is 0.889 bits per heavy atom. The summed E-state index contributed by atoms with van der Waals surface area (Å²) < 4.78 is 10.9. The first-order chi connectivity index (χ1) is 17.3. The van der Waals surface area contributed by atoms with Crippen molar-refractivity contribution in [1.29, 1.82) is 0 Å². The number of nitro groups is 1. The molecule has 0 aromatic heterocycles. The zero-order valence-electron chi connectivity index (χ0n) is 18.6. The molecule has 0 saturated carbocycles. The molecule has 180 valence electrons. The third-order valence-electron chi connectivity index (χ3n) is 6.61. The predicted molar refractivity (Wildman–Crippen MR) is 126 cm³/mol. The molecule has 3 aromatic carbocycles. The summed E-state index contributed by atoms with van der Waals surface area (Å²) in [5.41, 5.74) is 1.54. The van der Waals surface area contributed by atoms with E-state index in [0.29, 0.717) is 27.8 Å². The van der Waals surface area contributed by atoms with Crippen molar-refractivity contribution >= 4 is 40.7 Å². The lowest BCUT2D eigenvalue weighted by Gasteiger charge is -2.50. The number of aryl methyl sites for hydroxylation is 1. The Morgan fingerprint density at radius 3 is 2.39 bits per heavy atom. The number of anilines is 1. The van der Waals surface area contributed by atoms with Gasteiger partial charge < -0.3 is 14.4 Å². The fourth-order valence-electron chi connectivity index (χ4n) is 4.93. The predicted octanol–water partition coefficient (Wildman–Crippen LogP) is 4.04. The first-order valence-electron chi connectivity index (χ1n) is 10.9. The van der Waals surface area contributed by atoms with Gasteiger partial charge in [-0.05, 0) is 54.4 Å². The molecule has 36 heavy (non-hydrogen) atoms. The second kappa shape index (κ2) is 7.79. The van der Waals surface area contributed by atoms with Crippen molar-refractivity contribution < 1.29 is 28.8 Å². The van der Waals surface area contributed by atoms with E-state index in [-0.39, 0.29) is 23.6 Å². The highest BCUT2D eigenvalue weighted by molar-refractivity contribution is 6.31. The molecule has 3 heterocycles. The van der Waals surface area contributed by atoms with Crippen LogP contribution in [0, 0.1) is 17.0 Å². The number of fused-ring (bicyclic) bond motifs is 2. The zero-order valence-corrected chi connectivity index (χ0v) is 19.4. The maximum Gasteiger partial charge on any atom is 0.270 e. The number of carbonyl (C=O) groups is 3. The van der Waals surface area contributed by atoms with Gasteiger partial charge in [0.15, 0.2) is 11.5 Å². The lowest BCUT2D eigenvalue weighted by Crippen LogP contribution is -2.67. The van der Waals surface area contributed by atoms with Crippen LogP contribution >= 0.6 is 11.6 Å². The topological polar surface area (TPSA) is 119 Å². The van der Waals surface area contributed by atoms with Gasteiger partial charge in [-0.25, -0.2) is 0 Å². The van der Waals surface area contributed by atoms with Gasteiger partial charge in [-0.3, -0.25) is 29.4 Å². The van der Waals surface area contributed by atoms with Crippen molar-refractivity contribution in [2.75, 3.05) is 11.7 Å². The fourth-order valence-corrected chi connectivity index (χ4v) is 5.15. The SMILES string of the molecule is Cc1cc(Cl)ccc1N1C(=O)[C@@H](N2C(=O)c3ccc([N+](=O)[O-])cc3C2=O)[C@@H]1c1ccc2c(c1)OCO2. The summed E-state index contributed by atoms with van der Waals surface area (Å²) in [5, 5.41) is 11.7. The molecule has 0 N–H and O–H groups in total. The van der Waals surface area contributed by atoms with Crippen LogP contribution in [0.3, 0.4) is 0 Å². The van der Waals surface area contributed by atoms with E-state index in [1.165, 1.54) is 11.0 Å². The number of hydrogen-bond donors (Lipinski definition) is 0. The molecule has 0 radical (unpaired) electrons. The van der Waals surface area contributed by atoms with Crippen LogP contribution in [0.1, 0.15) is 37.9 Å². The summed E-state index contributed by atoms with van der Waals surface area (Å²) in [6.07, 6.45) is 0. The number of rotatable bonds is 4. The number of benzene rings is 3. The van der Waals surface area contributed by atoms with Gasteiger partial charge in [-0.1, -0.05) is 17.7 Å². The molecule has 3 aromatic rings. The van der Waals surface area contributed by atoms with Crippen molar-refractivity contribution in [3.8, 4) is 11.5 Å². The molecule has 0 spiro atoms. The first-order valence-corrected chi connectivity index (χ1v) is 11.3. The quantitative estimate of drug-likeness (QED) is 0.227. The van der Waals surface area contributed by atoms with Crippen LogP contribution in [0.25, 0.3) is 0 Å². The highest BCUT2D eigenvalue weighted by atomic mass is 35.5. The fraction of sp³-hybridized carbons (Fsp3) is 0.160.